The van der Waals surface area contributed by atoms with Crippen molar-refractivity contribution in [2.75, 3.05) is 25.9 Å². The minimum Gasteiger partial charge on any atom is -0.361 e. The van der Waals surface area contributed by atoms with Crippen LogP contribution >= 0.6 is 11.8 Å². The molecule has 0 spiro atoms. The number of nitrogens with one attached hydrogen (secondary N) is 2. The van der Waals surface area contributed by atoms with Gasteiger partial charge in [0.05, 0.1) is 5.69 Å². The molecule has 2 heterocycles. The highest BCUT2D eigenvalue weighted by Crippen LogP contribution is 2.36. The number of rotatable bonds is 5. The highest BCUT2D eigenvalue weighted by atomic mass is 32.2. The zero-order valence-corrected chi connectivity index (χ0v) is 15.1. The molecule has 1 aliphatic heterocycles. The monoisotopic (exact) mass is 324 g/mol. The Bertz CT molecular complexity index is 501. The second kappa shape index (κ2) is 7.40. The van der Waals surface area contributed by atoms with Crippen molar-refractivity contribution in [3.63, 3.8) is 0 Å². The molecule has 1 aliphatic rings. The summed E-state index contributed by atoms with van der Waals surface area (Å²) in [5.74, 6) is 3.38. The van der Waals surface area contributed by atoms with Gasteiger partial charge in [0.25, 0.3) is 0 Å². The molecule has 1 aromatic heterocycles. The first-order chi connectivity index (χ1) is 10.4. The van der Waals surface area contributed by atoms with Gasteiger partial charge in [0.2, 0.25) is 0 Å². The summed E-state index contributed by atoms with van der Waals surface area (Å²) in [6.45, 7) is 10.2. The van der Waals surface area contributed by atoms with Gasteiger partial charge < -0.3 is 15.2 Å². The van der Waals surface area contributed by atoms with Crippen LogP contribution in [-0.2, 0) is 0 Å². The molecule has 2 N–H and O–H groups in total. The number of guanidine groups is 1. The Labute approximate surface area is 137 Å². The fourth-order valence-corrected chi connectivity index (χ4v) is 4.26. The number of hydrogen-bond acceptors (Lipinski definition) is 4. The van der Waals surface area contributed by atoms with E-state index in [2.05, 4.69) is 46.4 Å². The molecule has 0 bridgehead atoms. The predicted octanol–water partition coefficient (Wildman–Crippen LogP) is 2.85. The number of hydrogen-bond donors (Lipinski definition) is 2. The molecular formula is C16H28N4OS. The van der Waals surface area contributed by atoms with Gasteiger partial charge in [-0.25, -0.2) is 0 Å². The summed E-state index contributed by atoms with van der Waals surface area (Å²) >= 11 is 2.06. The van der Waals surface area contributed by atoms with E-state index in [1.165, 1.54) is 24.2 Å². The van der Waals surface area contributed by atoms with Crippen molar-refractivity contribution >= 4 is 17.7 Å². The molecule has 0 aromatic carbocycles. The van der Waals surface area contributed by atoms with Crippen LogP contribution in [0.3, 0.4) is 0 Å². The maximum absolute atomic E-state index is 5.25. The normalized spacial score (nSPS) is 23.6. The number of aliphatic imine (C=N–C) groups is 1. The van der Waals surface area contributed by atoms with Crippen molar-refractivity contribution in [2.45, 2.75) is 51.2 Å². The number of aromatic nitrogens is 1. The van der Waals surface area contributed by atoms with Gasteiger partial charge in [-0.2, -0.15) is 11.8 Å². The zero-order chi connectivity index (χ0) is 16.2. The van der Waals surface area contributed by atoms with Crippen LogP contribution in [0.25, 0.3) is 0 Å². The first kappa shape index (κ1) is 17.2. The van der Waals surface area contributed by atoms with E-state index in [0.29, 0.717) is 10.7 Å². The van der Waals surface area contributed by atoms with Gasteiger partial charge in [-0.05, 0) is 39.4 Å². The van der Waals surface area contributed by atoms with Crippen molar-refractivity contribution in [1.82, 2.24) is 15.8 Å². The SMILES string of the molecule is CN=C(NCC(C)c1c(C)noc1C)NCC1(C)CCCS1. The predicted molar refractivity (Wildman–Crippen MR) is 93.9 cm³/mol. The first-order valence-corrected chi connectivity index (χ1v) is 8.95. The lowest BCUT2D eigenvalue weighted by molar-refractivity contribution is 0.391. The highest BCUT2D eigenvalue weighted by molar-refractivity contribution is 8.00. The minimum absolute atomic E-state index is 0.334. The molecule has 6 heteroatoms. The van der Waals surface area contributed by atoms with Crippen LogP contribution in [0.15, 0.2) is 9.52 Å². The third kappa shape index (κ3) is 4.18. The fourth-order valence-electron chi connectivity index (χ4n) is 3.01. The Morgan fingerprint density at radius 3 is 2.77 bits per heavy atom. The topological polar surface area (TPSA) is 62.5 Å². The second-order valence-corrected chi connectivity index (χ2v) is 8.03. The largest absolute Gasteiger partial charge is 0.361 e. The van der Waals surface area contributed by atoms with Crippen LogP contribution in [0.5, 0.6) is 0 Å². The number of thioether (sulfide) groups is 1. The van der Waals surface area contributed by atoms with Crippen LogP contribution in [0.1, 0.15) is 49.6 Å². The summed E-state index contributed by atoms with van der Waals surface area (Å²) in [6.07, 6.45) is 2.59. The molecule has 2 unspecified atom stereocenters. The zero-order valence-electron chi connectivity index (χ0n) is 14.3. The molecule has 0 aliphatic carbocycles. The molecule has 0 radical (unpaired) electrons. The summed E-state index contributed by atoms with van der Waals surface area (Å²) in [7, 11) is 1.82. The summed E-state index contributed by atoms with van der Waals surface area (Å²) in [6, 6.07) is 0. The molecular weight excluding hydrogens is 296 g/mol. The van der Waals surface area contributed by atoms with Gasteiger partial charge >= 0.3 is 0 Å². The van der Waals surface area contributed by atoms with Crippen LogP contribution in [-0.4, -0.2) is 41.8 Å². The first-order valence-electron chi connectivity index (χ1n) is 7.96. The molecule has 0 amide bonds. The average Bonchev–Trinajstić information content (AvgIpc) is 3.06. The van der Waals surface area contributed by atoms with Crippen LogP contribution in [0.2, 0.25) is 0 Å². The van der Waals surface area contributed by atoms with Gasteiger partial charge in [-0.15, -0.1) is 0 Å². The lowest BCUT2D eigenvalue weighted by Gasteiger charge is -2.24. The molecule has 2 atom stereocenters. The maximum Gasteiger partial charge on any atom is 0.191 e. The molecule has 0 saturated carbocycles. The van der Waals surface area contributed by atoms with Crippen LogP contribution in [0.4, 0.5) is 0 Å². The second-order valence-electron chi connectivity index (χ2n) is 6.35. The van der Waals surface area contributed by atoms with Crippen molar-refractivity contribution in [3.05, 3.63) is 17.0 Å². The van der Waals surface area contributed by atoms with Crippen molar-refractivity contribution in [2.24, 2.45) is 4.99 Å². The van der Waals surface area contributed by atoms with Crippen molar-refractivity contribution < 1.29 is 4.52 Å². The Kier molecular flexibility index (Phi) is 5.78. The lowest BCUT2D eigenvalue weighted by atomic mass is 10.00. The fraction of sp³-hybridized carbons (Fsp3) is 0.750. The highest BCUT2D eigenvalue weighted by Gasteiger charge is 2.29. The molecule has 5 nitrogen and oxygen atoms in total. The Hall–Kier alpha value is -1.17. The van der Waals surface area contributed by atoms with E-state index in [4.69, 9.17) is 4.52 Å². The van der Waals surface area contributed by atoms with E-state index in [9.17, 15) is 0 Å². The summed E-state index contributed by atoms with van der Waals surface area (Å²) < 4.78 is 5.59. The Balaban J connectivity index is 1.83. The third-order valence-electron chi connectivity index (χ3n) is 4.31. The molecule has 22 heavy (non-hydrogen) atoms. The van der Waals surface area contributed by atoms with E-state index in [-0.39, 0.29) is 0 Å². The summed E-state index contributed by atoms with van der Waals surface area (Å²) in [4.78, 5) is 4.32. The average molecular weight is 324 g/mol. The summed E-state index contributed by atoms with van der Waals surface area (Å²) in [5.41, 5.74) is 2.17. The quantitative estimate of drug-likeness (QED) is 0.644. The standard InChI is InChI=1S/C16H28N4OS/c1-11(14-12(2)20-21-13(14)3)9-18-15(17-5)19-10-16(4)7-6-8-22-16/h11H,6-10H2,1-5H3,(H2,17,18,19). The Morgan fingerprint density at radius 1 is 1.45 bits per heavy atom. The summed E-state index contributed by atoms with van der Waals surface area (Å²) in [5, 5.41) is 10.9. The minimum atomic E-state index is 0.334. The lowest BCUT2D eigenvalue weighted by Crippen LogP contribution is -2.44. The smallest absolute Gasteiger partial charge is 0.191 e. The van der Waals surface area contributed by atoms with Crippen molar-refractivity contribution in [1.29, 1.82) is 0 Å². The molecule has 2 rings (SSSR count). The maximum atomic E-state index is 5.25. The van der Waals surface area contributed by atoms with E-state index >= 15 is 0 Å². The number of nitrogens with zero attached hydrogens (tertiary/aromatic N) is 2. The Morgan fingerprint density at radius 2 is 2.23 bits per heavy atom. The van der Waals surface area contributed by atoms with Gasteiger partial charge in [0.15, 0.2) is 5.96 Å². The third-order valence-corrected chi connectivity index (χ3v) is 5.85. The molecule has 1 saturated heterocycles. The van der Waals surface area contributed by atoms with Gasteiger partial charge in [-0.1, -0.05) is 12.1 Å². The van der Waals surface area contributed by atoms with Crippen LogP contribution < -0.4 is 10.6 Å². The van der Waals surface area contributed by atoms with Gasteiger partial charge in [0.1, 0.15) is 5.76 Å². The van der Waals surface area contributed by atoms with E-state index < -0.39 is 0 Å². The van der Waals surface area contributed by atoms with Crippen LogP contribution in [0, 0.1) is 13.8 Å². The number of aryl methyl sites for hydroxylation is 2. The van der Waals surface area contributed by atoms with Gasteiger partial charge in [0, 0.05) is 36.4 Å². The van der Waals surface area contributed by atoms with E-state index in [0.717, 1.165) is 30.5 Å². The van der Waals surface area contributed by atoms with E-state index in [1.807, 2.05) is 20.9 Å². The van der Waals surface area contributed by atoms with Crippen molar-refractivity contribution in [3.8, 4) is 0 Å². The molecule has 124 valence electrons. The molecule has 1 aromatic rings. The molecule has 1 fully saturated rings. The van der Waals surface area contributed by atoms with Gasteiger partial charge in [-0.3, -0.25) is 4.99 Å². The van der Waals surface area contributed by atoms with E-state index in [1.54, 1.807) is 0 Å².